The van der Waals surface area contributed by atoms with Gasteiger partial charge in [0.15, 0.2) is 0 Å². The smallest absolute Gasteiger partial charge is 0.144 e. The van der Waals surface area contributed by atoms with Gasteiger partial charge < -0.3 is 25.9 Å². The number of rotatable bonds is 7. The molecular weight excluding hydrogens is 344 g/mol. The first-order valence-electron chi connectivity index (χ1n) is 8.15. The van der Waals surface area contributed by atoms with Crippen LogP contribution in [0.3, 0.4) is 0 Å². The lowest BCUT2D eigenvalue weighted by Crippen LogP contribution is -2.05. The first-order chi connectivity index (χ1) is 13.2. The molecule has 0 atom stereocenters. The number of oxime groups is 1. The zero-order valence-corrected chi connectivity index (χ0v) is 15.0. The molecule has 0 aliphatic heterocycles. The van der Waals surface area contributed by atoms with Crippen molar-refractivity contribution in [2.45, 2.75) is 0 Å². The number of hydrogen-bond donors (Lipinski definition) is 3. The summed E-state index contributed by atoms with van der Waals surface area (Å²) >= 11 is 0. The molecule has 0 bridgehead atoms. The van der Waals surface area contributed by atoms with Crippen LogP contribution < -0.4 is 21.1 Å². The molecule has 0 aliphatic rings. The summed E-state index contributed by atoms with van der Waals surface area (Å²) in [6.07, 6.45) is 2.86. The van der Waals surface area contributed by atoms with Crippen molar-refractivity contribution in [1.29, 1.82) is 0 Å². The highest BCUT2D eigenvalue weighted by atomic mass is 16.6. The molecule has 138 valence electrons. The number of nitrogens with zero attached hydrogens (tertiary/aromatic N) is 3. The summed E-state index contributed by atoms with van der Waals surface area (Å²) in [5, 5.41) is 10.3. The normalized spacial score (nSPS) is 10.6. The van der Waals surface area contributed by atoms with Crippen molar-refractivity contribution < 1.29 is 9.57 Å². The highest BCUT2D eigenvalue weighted by Gasteiger charge is 2.08. The van der Waals surface area contributed by atoms with Gasteiger partial charge in [-0.3, -0.25) is 0 Å². The Morgan fingerprint density at radius 3 is 2.07 bits per heavy atom. The second-order valence-electron chi connectivity index (χ2n) is 5.49. The molecule has 0 aliphatic carbocycles. The van der Waals surface area contributed by atoms with Gasteiger partial charge in [0.05, 0.1) is 18.9 Å². The van der Waals surface area contributed by atoms with Gasteiger partial charge >= 0.3 is 0 Å². The number of ether oxygens (including phenoxy) is 1. The largest absolute Gasteiger partial charge is 0.497 e. The van der Waals surface area contributed by atoms with E-state index in [2.05, 4.69) is 25.8 Å². The van der Waals surface area contributed by atoms with Gasteiger partial charge in [0, 0.05) is 17.1 Å². The van der Waals surface area contributed by atoms with Crippen molar-refractivity contribution in [3.05, 3.63) is 60.4 Å². The number of nitrogens with two attached hydrogens (primary N) is 1. The van der Waals surface area contributed by atoms with Gasteiger partial charge in [-0.15, -0.1) is 0 Å². The predicted octanol–water partition coefficient (Wildman–Crippen LogP) is 3.53. The lowest BCUT2D eigenvalue weighted by Gasteiger charge is -2.11. The lowest BCUT2D eigenvalue weighted by atomic mass is 10.2. The number of anilines is 5. The number of nitrogens with one attached hydrogen (secondary N) is 2. The summed E-state index contributed by atoms with van der Waals surface area (Å²) < 4.78 is 5.16. The van der Waals surface area contributed by atoms with Crippen LogP contribution >= 0.6 is 0 Å². The molecule has 0 unspecified atom stereocenters. The van der Waals surface area contributed by atoms with Gasteiger partial charge in [-0.1, -0.05) is 5.16 Å². The Balaban J connectivity index is 1.72. The van der Waals surface area contributed by atoms with Crippen LogP contribution in [0, 0.1) is 0 Å². The zero-order valence-electron chi connectivity index (χ0n) is 15.0. The van der Waals surface area contributed by atoms with Crippen molar-refractivity contribution in [2.75, 3.05) is 30.6 Å². The van der Waals surface area contributed by atoms with Gasteiger partial charge in [0.25, 0.3) is 0 Å². The summed E-state index contributed by atoms with van der Waals surface area (Å²) in [6, 6.07) is 15.5. The maximum atomic E-state index is 5.89. The minimum atomic E-state index is 0.311. The van der Waals surface area contributed by atoms with Crippen LogP contribution in [0.1, 0.15) is 5.56 Å². The van der Waals surface area contributed by atoms with Crippen molar-refractivity contribution >= 4 is 34.9 Å². The van der Waals surface area contributed by atoms with Crippen LogP contribution in [-0.2, 0) is 4.84 Å². The van der Waals surface area contributed by atoms with Gasteiger partial charge in [-0.2, -0.15) is 0 Å². The molecule has 27 heavy (non-hydrogen) atoms. The van der Waals surface area contributed by atoms with Gasteiger partial charge in [-0.05, 0) is 48.5 Å². The summed E-state index contributed by atoms with van der Waals surface area (Å²) in [6.45, 7) is 0. The Bertz CT molecular complexity index is 910. The Labute approximate surface area is 157 Å². The van der Waals surface area contributed by atoms with Crippen LogP contribution in [-0.4, -0.2) is 30.4 Å². The summed E-state index contributed by atoms with van der Waals surface area (Å²) in [4.78, 5) is 12.9. The van der Waals surface area contributed by atoms with E-state index in [0.29, 0.717) is 17.2 Å². The molecule has 1 heterocycles. The molecule has 2 aromatic carbocycles. The third-order valence-corrected chi connectivity index (χ3v) is 3.73. The van der Waals surface area contributed by atoms with Gasteiger partial charge in [-0.25, -0.2) is 9.97 Å². The lowest BCUT2D eigenvalue weighted by molar-refractivity contribution is 0.215. The van der Waals surface area contributed by atoms with E-state index in [9.17, 15) is 0 Å². The quantitative estimate of drug-likeness (QED) is 0.435. The van der Waals surface area contributed by atoms with Crippen molar-refractivity contribution in [2.24, 2.45) is 5.16 Å². The van der Waals surface area contributed by atoms with Crippen molar-refractivity contribution in [3.63, 3.8) is 0 Å². The van der Waals surface area contributed by atoms with Crippen LogP contribution in [0.2, 0.25) is 0 Å². The second kappa shape index (κ2) is 8.52. The van der Waals surface area contributed by atoms with Gasteiger partial charge in [0.1, 0.15) is 30.8 Å². The third kappa shape index (κ3) is 4.63. The Kier molecular flexibility index (Phi) is 5.68. The summed E-state index contributed by atoms with van der Waals surface area (Å²) in [7, 11) is 3.10. The molecule has 3 rings (SSSR count). The molecule has 1 aromatic heterocycles. The molecular formula is C19H20N6O2. The summed E-state index contributed by atoms with van der Waals surface area (Å²) in [5.41, 5.74) is 9.22. The molecule has 0 spiro atoms. The third-order valence-electron chi connectivity index (χ3n) is 3.73. The second-order valence-corrected chi connectivity index (χ2v) is 5.49. The maximum Gasteiger partial charge on any atom is 0.144 e. The fourth-order valence-electron chi connectivity index (χ4n) is 2.36. The van der Waals surface area contributed by atoms with Crippen molar-refractivity contribution in [3.8, 4) is 5.75 Å². The SMILES string of the molecule is CON=Cc1c(N)ncnc1Nc1ccc(Nc2ccc(OC)cc2)cc1. The van der Waals surface area contributed by atoms with E-state index in [-0.39, 0.29) is 0 Å². The zero-order chi connectivity index (χ0) is 19.1. The Morgan fingerprint density at radius 2 is 1.48 bits per heavy atom. The maximum absolute atomic E-state index is 5.89. The molecule has 0 amide bonds. The standard InChI is InChI=1S/C19H20N6O2/c1-26-16-9-7-14(8-10-16)24-13-3-5-15(6-4-13)25-19-17(11-23-27-2)18(20)21-12-22-19/h3-12,24H,1-2H3,(H3,20,21,22,25). The average molecular weight is 364 g/mol. The van der Waals surface area contributed by atoms with E-state index in [1.165, 1.54) is 19.7 Å². The molecule has 0 saturated carbocycles. The van der Waals surface area contributed by atoms with E-state index in [1.807, 2.05) is 48.5 Å². The van der Waals surface area contributed by atoms with Crippen molar-refractivity contribution in [1.82, 2.24) is 9.97 Å². The Hall–Kier alpha value is -3.81. The van der Waals surface area contributed by atoms with E-state index in [1.54, 1.807) is 7.11 Å². The fraction of sp³-hybridized carbons (Fsp3) is 0.105. The first-order valence-corrected chi connectivity index (χ1v) is 8.15. The number of hydrogen-bond acceptors (Lipinski definition) is 8. The molecule has 8 nitrogen and oxygen atoms in total. The highest BCUT2D eigenvalue weighted by molar-refractivity contribution is 5.92. The number of aromatic nitrogens is 2. The Morgan fingerprint density at radius 1 is 0.889 bits per heavy atom. The average Bonchev–Trinajstić information content (AvgIpc) is 2.70. The summed E-state index contributed by atoms with van der Waals surface area (Å²) in [5.74, 6) is 1.67. The molecule has 3 aromatic rings. The van der Waals surface area contributed by atoms with Crippen LogP contribution in [0.15, 0.2) is 60.0 Å². The van der Waals surface area contributed by atoms with Crippen LogP contribution in [0.5, 0.6) is 5.75 Å². The van der Waals surface area contributed by atoms with Crippen LogP contribution in [0.4, 0.5) is 28.7 Å². The predicted molar refractivity (Wildman–Crippen MR) is 107 cm³/mol. The van der Waals surface area contributed by atoms with E-state index < -0.39 is 0 Å². The van der Waals surface area contributed by atoms with Gasteiger partial charge in [0.2, 0.25) is 0 Å². The minimum absolute atomic E-state index is 0.311. The topological polar surface area (TPSA) is 107 Å². The fourth-order valence-corrected chi connectivity index (χ4v) is 2.36. The molecule has 8 heteroatoms. The number of methoxy groups -OCH3 is 1. The molecule has 0 saturated heterocycles. The molecule has 4 N–H and O–H groups in total. The van der Waals surface area contributed by atoms with E-state index in [0.717, 1.165) is 22.8 Å². The molecule has 0 fully saturated rings. The van der Waals surface area contributed by atoms with Crippen LogP contribution in [0.25, 0.3) is 0 Å². The number of benzene rings is 2. The highest BCUT2D eigenvalue weighted by Crippen LogP contribution is 2.24. The monoisotopic (exact) mass is 364 g/mol. The van der Waals surface area contributed by atoms with E-state index in [4.69, 9.17) is 15.3 Å². The molecule has 0 radical (unpaired) electrons. The first kappa shape index (κ1) is 18.0. The minimum Gasteiger partial charge on any atom is -0.497 e. The van der Waals surface area contributed by atoms with E-state index >= 15 is 0 Å². The number of nitrogen functional groups attached to an aromatic ring is 1.